The van der Waals surface area contributed by atoms with Gasteiger partial charge in [-0.2, -0.15) is 0 Å². The van der Waals surface area contributed by atoms with Crippen LogP contribution in [-0.4, -0.2) is 31.8 Å². The van der Waals surface area contributed by atoms with Crippen LogP contribution in [0, 0.1) is 0 Å². The molecule has 24 heavy (non-hydrogen) atoms. The number of aliphatic imine (C=N–C) groups is 1. The number of guanidine groups is 1. The third-order valence-electron chi connectivity index (χ3n) is 4.51. The summed E-state index contributed by atoms with van der Waals surface area (Å²) in [5, 5.41) is 6.73. The minimum absolute atomic E-state index is 0.339. The van der Waals surface area contributed by atoms with Gasteiger partial charge in [0.2, 0.25) is 0 Å². The number of methoxy groups -OCH3 is 1. The quantitative estimate of drug-likeness (QED) is 0.595. The summed E-state index contributed by atoms with van der Waals surface area (Å²) in [6.45, 7) is 3.58. The summed E-state index contributed by atoms with van der Waals surface area (Å²) < 4.78 is 11.6. The fraction of sp³-hybridized carbons (Fsp3) is 0.632. The van der Waals surface area contributed by atoms with Crippen LogP contribution in [0.15, 0.2) is 23.2 Å². The molecule has 2 fully saturated rings. The van der Waals surface area contributed by atoms with Crippen LogP contribution in [-0.2, 0) is 6.54 Å². The molecule has 132 valence electrons. The highest BCUT2D eigenvalue weighted by atomic mass is 16.5. The molecule has 0 aliphatic heterocycles. The van der Waals surface area contributed by atoms with Crippen molar-refractivity contribution in [2.24, 2.45) is 4.99 Å². The molecule has 0 radical (unpaired) electrons. The van der Waals surface area contributed by atoms with E-state index in [2.05, 4.69) is 28.6 Å². The lowest BCUT2D eigenvalue weighted by Crippen LogP contribution is -2.38. The molecule has 5 heteroatoms. The molecule has 0 heterocycles. The molecule has 1 aromatic rings. The molecule has 0 amide bonds. The predicted octanol–water partition coefficient (Wildman–Crippen LogP) is 3.23. The zero-order valence-electron chi connectivity index (χ0n) is 14.8. The van der Waals surface area contributed by atoms with E-state index in [1.165, 1.54) is 25.7 Å². The number of rotatable bonds is 7. The van der Waals surface area contributed by atoms with E-state index in [9.17, 15) is 0 Å². The Labute approximate surface area is 144 Å². The second kappa shape index (κ2) is 8.27. The van der Waals surface area contributed by atoms with Gasteiger partial charge in [-0.25, -0.2) is 4.99 Å². The Kier molecular flexibility index (Phi) is 5.83. The van der Waals surface area contributed by atoms with E-state index in [0.717, 1.165) is 42.4 Å². The molecule has 2 aliphatic carbocycles. The van der Waals surface area contributed by atoms with Crippen LogP contribution in [0.2, 0.25) is 0 Å². The zero-order chi connectivity index (χ0) is 16.8. The summed E-state index contributed by atoms with van der Waals surface area (Å²) in [6.07, 6.45) is 7.65. The molecule has 1 aromatic carbocycles. The van der Waals surface area contributed by atoms with E-state index < -0.39 is 0 Å². The summed E-state index contributed by atoms with van der Waals surface area (Å²) in [5.41, 5.74) is 1.12. The molecule has 3 rings (SSSR count). The van der Waals surface area contributed by atoms with Crippen LogP contribution in [0.5, 0.6) is 11.5 Å². The van der Waals surface area contributed by atoms with Crippen molar-refractivity contribution in [2.45, 2.75) is 64.1 Å². The molecule has 2 aliphatic rings. The van der Waals surface area contributed by atoms with Crippen LogP contribution in [0.25, 0.3) is 0 Å². The summed E-state index contributed by atoms with van der Waals surface area (Å²) >= 11 is 0. The van der Waals surface area contributed by atoms with Crippen molar-refractivity contribution in [3.63, 3.8) is 0 Å². The van der Waals surface area contributed by atoms with Crippen LogP contribution >= 0.6 is 0 Å². The largest absolute Gasteiger partial charge is 0.493 e. The van der Waals surface area contributed by atoms with Crippen LogP contribution in [0.1, 0.15) is 51.0 Å². The highest BCUT2D eigenvalue weighted by molar-refractivity contribution is 5.80. The first kappa shape index (κ1) is 16.9. The maximum absolute atomic E-state index is 6.09. The molecule has 0 unspecified atom stereocenters. The van der Waals surface area contributed by atoms with Gasteiger partial charge in [0, 0.05) is 12.6 Å². The van der Waals surface area contributed by atoms with E-state index in [0.29, 0.717) is 18.7 Å². The lowest BCUT2D eigenvalue weighted by atomic mass is 10.2. The Morgan fingerprint density at radius 2 is 1.96 bits per heavy atom. The highest BCUT2D eigenvalue weighted by Crippen LogP contribution is 2.32. The molecular weight excluding hydrogens is 302 g/mol. The van der Waals surface area contributed by atoms with E-state index in [1.807, 2.05) is 12.1 Å². The summed E-state index contributed by atoms with van der Waals surface area (Å²) in [5.74, 6) is 2.54. The Morgan fingerprint density at radius 1 is 1.17 bits per heavy atom. The normalized spacial score (nSPS) is 18.5. The summed E-state index contributed by atoms with van der Waals surface area (Å²) in [7, 11) is 1.70. The van der Waals surface area contributed by atoms with Gasteiger partial charge < -0.3 is 20.1 Å². The predicted molar refractivity (Wildman–Crippen MR) is 96.9 cm³/mol. The van der Waals surface area contributed by atoms with E-state index >= 15 is 0 Å². The zero-order valence-corrected chi connectivity index (χ0v) is 14.8. The van der Waals surface area contributed by atoms with Crippen molar-refractivity contribution in [1.82, 2.24) is 10.6 Å². The van der Waals surface area contributed by atoms with Crippen molar-refractivity contribution in [3.05, 3.63) is 23.8 Å². The molecule has 2 saturated carbocycles. The van der Waals surface area contributed by atoms with Gasteiger partial charge in [0.05, 0.1) is 19.8 Å². The lowest BCUT2D eigenvalue weighted by molar-refractivity contribution is 0.200. The minimum atomic E-state index is 0.339. The van der Waals surface area contributed by atoms with Gasteiger partial charge in [0.15, 0.2) is 17.5 Å². The monoisotopic (exact) mass is 331 g/mol. The first-order valence-electron chi connectivity index (χ1n) is 9.17. The van der Waals surface area contributed by atoms with E-state index in [1.54, 1.807) is 7.11 Å². The maximum atomic E-state index is 6.09. The topological polar surface area (TPSA) is 54.9 Å². The van der Waals surface area contributed by atoms with Crippen molar-refractivity contribution in [1.29, 1.82) is 0 Å². The van der Waals surface area contributed by atoms with E-state index in [-0.39, 0.29) is 0 Å². The van der Waals surface area contributed by atoms with E-state index in [4.69, 9.17) is 9.47 Å². The van der Waals surface area contributed by atoms with Gasteiger partial charge in [-0.1, -0.05) is 6.07 Å². The van der Waals surface area contributed by atoms with Crippen molar-refractivity contribution < 1.29 is 9.47 Å². The number of hydrogen-bond donors (Lipinski definition) is 2. The van der Waals surface area contributed by atoms with Gasteiger partial charge >= 0.3 is 0 Å². The van der Waals surface area contributed by atoms with Crippen LogP contribution < -0.4 is 20.1 Å². The van der Waals surface area contributed by atoms with Gasteiger partial charge in [-0.3, -0.25) is 0 Å². The van der Waals surface area contributed by atoms with Gasteiger partial charge in [-0.15, -0.1) is 0 Å². The smallest absolute Gasteiger partial charge is 0.191 e. The number of benzene rings is 1. The third-order valence-corrected chi connectivity index (χ3v) is 4.51. The van der Waals surface area contributed by atoms with Gasteiger partial charge in [-0.05, 0) is 63.1 Å². The van der Waals surface area contributed by atoms with Crippen LogP contribution in [0.4, 0.5) is 0 Å². The highest BCUT2D eigenvalue weighted by Gasteiger charge is 2.22. The number of nitrogens with one attached hydrogen (secondary N) is 2. The molecule has 5 nitrogen and oxygen atoms in total. The van der Waals surface area contributed by atoms with Crippen molar-refractivity contribution >= 4 is 5.96 Å². The Hall–Kier alpha value is -1.91. The fourth-order valence-corrected chi connectivity index (χ4v) is 3.00. The lowest BCUT2D eigenvalue weighted by Gasteiger charge is -2.16. The van der Waals surface area contributed by atoms with Gasteiger partial charge in [0.25, 0.3) is 0 Å². The maximum Gasteiger partial charge on any atom is 0.191 e. The van der Waals surface area contributed by atoms with Gasteiger partial charge in [0.1, 0.15) is 0 Å². The average Bonchev–Trinajstić information content (AvgIpc) is 3.26. The average molecular weight is 331 g/mol. The first-order valence-corrected chi connectivity index (χ1v) is 9.17. The number of hydrogen-bond acceptors (Lipinski definition) is 3. The summed E-state index contributed by atoms with van der Waals surface area (Å²) in [4.78, 5) is 4.67. The second-order valence-electron chi connectivity index (χ2n) is 6.62. The van der Waals surface area contributed by atoms with Crippen molar-refractivity contribution in [2.75, 3.05) is 13.7 Å². The number of nitrogens with zero attached hydrogens (tertiary/aromatic N) is 1. The first-order chi connectivity index (χ1) is 11.8. The summed E-state index contributed by atoms with van der Waals surface area (Å²) in [6, 6.07) is 6.73. The minimum Gasteiger partial charge on any atom is -0.493 e. The molecule has 0 saturated heterocycles. The Balaban J connectivity index is 1.64. The SMILES string of the molecule is CCNC(=NCc1ccc(OC2CCCC2)c(OC)c1)NC1CC1. The molecule has 0 aromatic heterocycles. The van der Waals surface area contributed by atoms with Crippen LogP contribution in [0.3, 0.4) is 0 Å². The Morgan fingerprint density at radius 3 is 2.62 bits per heavy atom. The third kappa shape index (κ3) is 4.79. The number of ether oxygens (including phenoxy) is 2. The molecule has 2 N–H and O–H groups in total. The van der Waals surface area contributed by atoms with Crippen molar-refractivity contribution in [3.8, 4) is 11.5 Å². The molecule has 0 spiro atoms. The Bertz CT molecular complexity index is 564. The molecule has 0 bridgehead atoms. The standard InChI is InChI=1S/C19H29N3O2/c1-3-20-19(22-15-9-10-15)21-13-14-8-11-17(18(12-14)23-2)24-16-6-4-5-7-16/h8,11-12,15-16H,3-7,9-10,13H2,1-2H3,(H2,20,21,22). The second-order valence-corrected chi connectivity index (χ2v) is 6.62. The molecular formula is C19H29N3O2. The fourth-order valence-electron chi connectivity index (χ4n) is 3.00. The molecule has 0 atom stereocenters.